The highest BCUT2D eigenvalue weighted by Gasteiger charge is 2.21. The van der Waals surface area contributed by atoms with Gasteiger partial charge in [-0.1, -0.05) is 0 Å². The second-order valence-electron chi connectivity index (χ2n) is 6.72. The molecule has 1 amide bonds. The molecule has 0 unspecified atom stereocenters. The Labute approximate surface area is 187 Å². The summed E-state index contributed by atoms with van der Waals surface area (Å²) in [5.41, 5.74) is 1.33. The number of hydrogen-bond donors (Lipinski definition) is 1. The van der Waals surface area contributed by atoms with Crippen LogP contribution in [0.3, 0.4) is 0 Å². The second kappa shape index (κ2) is 9.61. The lowest BCUT2D eigenvalue weighted by Gasteiger charge is -2.20. The summed E-state index contributed by atoms with van der Waals surface area (Å²) < 4.78 is 42.4. The van der Waals surface area contributed by atoms with E-state index in [0.29, 0.717) is 34.2 Å². The van der Waals surface area contributed by atoms with Crippen LogP contribution in [0.25, 0.3) is 0 Å². The van der Waals surface area contributed by atoms with Crippen LogP contribution in [0.1, 0.15) is 10.4 Å². The minimum atomic E-state index is -3.76. The molecule has 0 aliphatic heterocycles. The average molecular weight is 457 g/mol. The van der Waals surface area contributed by atoms with Gasteiger partial charge in [-0.05, 0) is 60.7 Å². The molecule has 3 aromatic rings. The Morgan fingerprint density at radius 3 is 2.00 bits per heavy atom. The zero-order valence-electron chi connectivity index (χ0n) is 18.2. The lowest BCUT2D eigenvalue weighted by molar-refractivity contribution is 0.102. The normalized spacial score (nSPS) is 10.9. The summed E-state index contributed by atoms with van der Waals surface area (Å²) in [7, 11) is 2.25. The SMILES string of the molecule is COc1ccc(S(=O)(=O)N(C)c2ccc(C(=O)Nc3ccc(OC)c(OC)c3)cc2)cc1. The molecule has 0 spiro atoms. The first-order valence-electron chi connectivity index (χ1n) is 9.56. The van der Waals surface area contributed by atoms with Crippen molar-refractivity contribution in [2.75, 3.05) is 38.0 Å². The quantitative estimate of drug-likeness (QED) is 0.554. The van der Waals surface area contributed by atoms with E-state index >= 15 is 0 Å². The minimum Gasteiger partial charge on any atom is -0.497 e. The summed E-state index contributed by atoms with van der Waals surface area (Å²) in [5.74, 6) is 1.27. The number of nitrogens with one attached hydrogen (secondary N) is 1. The summed E-state index contributed by atoms with van der Waals surface area (Å²) in [4.78, 5) is 12.7. The summed E-state index contributed by atoms with van der Waals surface area (Å²) in [6.07, 6.45) is 0. The topological polar surface area (TPSA) is 94.2 Å². The Hall–Kier alpha value is -3.72. The van der Waals surface area contributed by atoms with E-state index in [4.69, 9.17) is 14.2 Å². The van der Waals surface area contributed by atoms with Gasteiger partial charge in [0, 0.05) is 24.4 Å². The molecule has 3 aromatic carbocycles. The summed E-state index contributed by atoms with van der Waals surface area (Å²) >= 11 is 0. The van der Waals surface area contributed by atoms with E-state index in [9.17, 15) is 13.2 Å². The van der Waals surface area contributed by atoms with E-state index < -0.39 is 10.0 Å². The number of hydrogen-bond acceptors (Lipinski definition) is 6. The fraction of sp³-hybridized carbons (Fsp3) is 0.174. The predicted molar refractivity (Wildman–Crippen MR) is 123 cm³/mol. The molecule has 0 heterocycles. The fourth-order valence-electron chi connectivity index (χ4n) is 2.98. The highest BCUT2D eigenvalue weighted by molar-refractivity contribution is 7.92. The lowest BCUT2D eigenvalue weighted by atomic mass is 10.2. The molecule has 0 saturated heterocycles. The number of sulfonamides is 1. The number of carbonyl (C=O) groups excluding carboxylic acids is 1. The van der Waals surface area contributed by atoms with E-state index in [1.165, 1.54) is 40.5 Å². The Bertz CT molecular complexity index is 1190. The molecule has 0 aliphatic rings. The maximum atomic E-state index is 12.9. The van der Waals surface area contributed by atoms with Crippen LogP contribution >= 0.6 is 0 Å². The molecule has 0 bridgehead atoms. The van der Waals surface area contributed by atoms with Gasteiger partial charge in [-0.15, -0.1) is 0 Å². The van der Waals surface area contributed by atoms with Crippen LogP contribution in [0.5, 0.6) is 17.2 Å². The number of carbonyl (C=O) groups is 1. The molecule has 0 saturated carbocycles. The smallest absolute Gasteiger partial charge is 0.264 e. The van der Waals surface area contributed by atoms with Crippen molar-refractivity contribution in [2.45, 2.75) is 4.90 Å². The van der Waals surface area contributed by atoms with Gasteiger partial charge >= 0.3 is 0 Å². The zero-order valence-corrected chi connectivity index (χ0v) is 19.0. The number of ether oxygens (including phenoxy) is 3. The van der Waals surface area contributed by atoms with Crippen molar-refractivity contribution in [3.63, 3.8) is 0 Å². The van der Waals surface area contributed by atoms with E-state index in [1.54, 1.807) is 54.6 Å². The molecule has 0 fully saturated rings. The molecule has 0 atom stereocenters. The van der Waals surface area contributed by atoms with Crippen molar-refractivity contribution in [1.29, 1.82) is 0 Å². The highest BCUT2D eigenvalue weighted by atomic mass is 32.2. The van der Waals surface area contributed by atoms with Crippen molar-refractivity contribution in [3.05, 3.63) is 72.3 Å². The number of methoxy groups -OCH3 is 3. The molecule has 9 heteroatoms. The lowest BCUT2D eigenvalue weighted by Crippen LogP contribution is -2.26. The van der Waals surface area contributed by atoms with Gasteiger partial charge in [0.25, 0.3) is 15.9 Å². The monoisotopic (exact) mass is 456 g/mol. The van der Waals surface area contributed by atoms with Crippen LogP contribution in [0, 0.1) is 0 Å². The third kappa shape index (κ3) is 4.78. The van der Waals surface area contributed by atoms with Gasteiger partial charge in [0.05, 0.1) is 31.9 Å². The molecular weight excluding hydrogens is 432 g/mol. The average Bonchev–Trinajstić information content (AvgIpc) is 2.83. The highest BCUT2D eigenvalue weighted by Crippen LogP contribution is 2.30. The summed E-state index contributed by atoms with van der Waals surface area (Å²) in [6.45, 7) is 0. The second-order valence-corrected chi connectivity index (χ2v) is 8.69. The van der Waals surface area contributed by atoms with E-state index in [2.05, 4.69) is 5.32 Å². The van der Waals surface area contributed by atoms with E-state index in [1.807, 2.05) is 0 Å². The van der Waals surface area contributed by atoms with Crippen LogP contribution in [-0.2, 0) is 10.0 Å². The standard InChI is InChI=1S/C23H24N2O6S/c1-25(32(27,28)20-12-10-19(29-2)11-13-20)18-8-5-16(6-9-18)23(26)24-17-7-14-21(30-3)22(15-17)31-4/h5-15H,1-4H3,(H,24,26). The van der Waals surface area contributed by atoms with Gasteiger partial charge in [-0.3, -0.25) is 9.10 Å². The van der Waals surface area contributed by atoms with Crippen LogP contribution in [0.2, 0.25) is 0 Å². The molecule has 0 aliphatic carbocycles. The molecule has 168 valence electrons. The van der Waals surface area contributed by atoms with E-state index in [-0.39, 0.29) is 10.8 Å². The largest absolute Gasteiger partial charge is 0.497 e. The summed E-state index contributed by atoms with van der Waals surface area (Å²) in [5, 5.41) is 2.78. The molecule has 0 radical (unpaired) electrons. The van der Waals surface area contributed by atoms with Crippen molar-refractivity contribution in [2.24, 2.45) is 0 Å². The van der Waals surface area contributed by atoms with Gasteiger partial charge in [0.15, 0.2) is 11.5 Å². The number of benzene rings is 3. The molecule has 0 aromatic heterocycles. The maximum Gasteiger partial charge on any atom is 0.264 e. The molecule has 32 heavy (non-hydrogen) atoms. The fourth-order valence-corrected chi connectivity index (χ4v) is 4.18. The van der Waals surface area contributed by atoms with Crippen molar-refractivity contribution >= 4 is 27.3 Å². The van der Waals surface area contributed by atoms with Crippen LogP contribution in [0.15, 0.2) is 71.6 Å². The number of rotatable bonds is 8. The number of anilines is 2. The Morgan fingerprint density at radius 2 is 1.44 bits per heavy atom. The third-order valence-electron chi connectivity index (χ3n) is 4.85. The first-order valence-corrected chi connectivity index (χ1v) is 11.0. The Kier molecular flexibility index (Phi) is 6.89. The van der Waals surface area contributed by atoms with Crippen molar-refractivity contribution in [3.8, 4) is 17.2 Å². The van der Waals surface area contributed by atoms with Gasteiger partial charge in [0.2, 0.25) is 0 Å². The maximum absolute atomic E-state index is 12.9. The van der Waals surface area contributed by atoms with Crippen molar-refractivity contribution in [1.82, 2.24) is 0 Å². The number of nitrogens with zero attached hydrogens (tertiary/aromatic N) is 1. The molecular formula is C23H24N2O6S. The Morgan fingerprint density at radius 1 is 0.812 bits per heavy atom. The van der Waals surface area contributed by atoms with E-state index in [0.717, 1.165) is 4.31 Å². The van der Waals surface area contributed by atoms with Gasteiger partial charge in [-0.25, -0.2) is 8.42 Å². The van der Waals surface area contributed by atoms with Gasteiger partial charge in [0.1, 0.15) is 5.75 Å². The van der Waals surface area contributed by atoms with Crippen molar-refractivity contribution < 1.29 is 27.4 Å². The first kappa shape index (κ1) is 23.0. The molecule has 8 nitrogen and oxygen atoms in total. The Balaban J connectivity index is 1.75. The zero-order chi connectivity index (χ0) is 23.3. The van der Waals surface area contributed by atoms with Crippen LogP contribution in [-0.4, -0.2) is 42.7 Å². The molecule has 3 rings (SSSR count). The molecule has 1 N–H and O–H groups in total. The number of amides is 1. The van der Waals surface area contributed by atoms with Crippen LogP contribution < -0.4 is 23.8 Å². The van der Waals surface area contributed by atoms with Crippen LogP contribution in [0.4, 0.5) is 11.4 Å². The first-order chi connectivity index (χ1) is 15.3. The van der Waals surface area contributed by atoms with Gasteiger partial charge in [-0.2, -0.15) is 0 Å². The predicted octanol–water partition coefficient (Wildman–Crippen LogP) is 3.79. The summed E-state index contributed by atoms with van der Waals surface area (Å²) in [6, 6.07) is 17.4. The minimum absolute atomic E-state index is 0.135. The third-order valence-corrected chi connectivity index (χ3v) is 6.65. The van der Waals surface area contributed by atoms with Gasteiger partial charge < -0.3 is 19.5 Å².